The summed E-state index contributed by atoms with van der Waals surface area (Å²) in [5.74, 6) is 0.673. The molecule has 18 heavy (non-hydrogen) atoms. The van der Waals surface area contributed by atoms with Gasteiger partial charge in [0.2, 0.25) is 5.91 Å². The van der Waals surface area contributed by atoms with Crippen LogP contribution in [0.2, 0.25) is 0 Å². The van der Waals surface area contributed by atoms with Crippen molar-refractivity contribution in [3.8, 4) is 0 Å². The van der Waals surface area contributed by atoms with Crippen LogP contribution in [0.15, 0.2) is 28.7 Å². The van der Waals surface area contributed by atoms with Crippen LogP contribution in [-0.2, 0) is 11.2 Å². The monoisotopic (exact) mass is 332 g/mol. The first kappa shape index (κ1) is 15.5. The normalized spacial score (nSPS) is 15.7. The van der Waals surface area contributed by atoms with Crippen molar-refractivity contribution >= 4 is 34.2 Å². The fraction of sp³-hybridized carbons (Fsp3) is 0.462. The van der Waals surface area contributed by atoms with E-state index in [0.29, 0.717) is 18.9 Å². The summed E-state index contributed by atoms with van der Waals surface area (Å²) in [6, 6.07) is 7.91. The van der Waals surface area contributed by atoms with Gasteiger partial charge in [-0.15, -0.1) is 12.4 Å². The SMILES string of the molecule is Cl.NC(CNC(=O)Cc1ccc(Br)cc1)C1CC1. The molecule has 0 aliphatic heterocycles. The molecule has 1 saturated carbocycles. The first-order chi connectivity index (χ1) is 8.15. The Labute approximate surface area is 122 Å². The van der Waals surface area contributed by atoms with E-state index in [1.165, 1.54) is 12.8 Å². The predicted octanol–water partition coefficient (Wildman–Crippen LogP) is 2.27. The van der Waals surface area contributed by atoms with Crippen LogP contribution in [-0.4, -0.2) is 18.5 Å². The molecule has 1 fully saturated rings. The van der Waals surface area contributed by atoms with Crippen molar-refractivity contribution in [3.05, 3.63) is 34.3 Å². The summed E-state index contributed by atoms with van der Waals surface area (Å²) in [7, 11) is 0. The first-order valence-corrected chi connectivity index (χ1v) is 6.71. The van der Waals surface area contributed by atoms with Crippen molar-refractivity contribution in [2.45, 2.75) is 25.3 Å². The van der Waals surface area contributed by atoms with E-state index in [1.807, 2.05) is 24.3 Å². The van der Waals surface area contributed by atoms with Crippen LogP contribution in [0, 0.1) is 5.92 Å². The number of hydrogen-bond donors (Lipinski definition) is 2. The number of amides is 1. The Hall–Kier alpha value is -0.580. The maximum absolute atomic E-state index is 11.7. The molecular formula is C13H18BrClN2O. The lowest BCUT2D eigenvalue weighted by Crippen LogP contribution is -2.39. The zero-order chi connectivity index (χ0) is 12.3. The van der Waals surface area contributed by atoms with Gasteiger partial charge < -0.3 is 11.1 Å². The largest absolute Gasteiger partial charge is 0.354 e. The number of hydrogen-bond acceptors (Lipinski definition) is 2. The van der Waals surface area contributed by atoms with E-state index in [1.54, 1.807) is 0 Å². The second-order valence-electron chi connectivity index (χ2n) is 4.61. The molecule has 1 aliphatic carbocycles. The lowest BCUT2D eigenvalue weighted by atomic mass is 10.1. The molecule has 1 atom stereocenters. The van der Waals surface area contributed by atoms with E-state index >= 15 is 0 Å². The fourth-order valence-corrected chi connectivity index (χ4v) is 2.04. The van der Waals surface area contributed by atoms with Gasteiger partial charge in [-0.25, -0.2) is 0 Å². The molecular weight excluding hydrogens is 316 g/mol. The Morgan fingerprint density at radius 3 is 2.56 bits per heavy atom. The number of benzene rings is 1. The predicted molar refractivity (Wildman–Crippen MR) is 78.8 cm³/mol. The summed E-state index contributed by atoms with van der Waals surface area (Å²) in [6.07, 6.45) is 2.85. The molecule has 1 unspecified atom stereocenters. The quantitative estimate of drug-likeness (QED) is 0.868. The fourth-order valence-electron chi connectivity index (χ4n) is 1.77. The van der Waals surface area contributed by atoms with Gasteiger partial charge in [0.25, 0.3) is 0 Å². The van der Waals surface area contributed by atoms with Gasteiger partial charge >= 0.3 is 0 Å². The van der Waals surface area contributed by atoms with Gasteiger partial charge in [0.15, 0.2) is 0 Å². The Bertz CT molecular complexity index is 392. The molecule has 5 heteroatoms. The Balaban J connectivity index is 0.00000162. The maximum Gasteiger partial charge on any atom is 0.224 e. The molecule has 1 aliphatic rings. The zero-order valence-corrected chi connectivity index (χ0v) is 12.5. The van der Waals surface area contributed by atoms with E-state index < -0.39 is 0 Å². The van der Waals surface area contributed by atoms with Crippen LogP contribution in [0.5, 0.6) is 0 Å². The number of rotatable bonds is 5. The third-order valence-electron chi connectivity index (χ3n) is 3.04. The smallest absolute Gasteiger partial charge is 0.224 e. The van der Waals surface area contributed by atoms with Gasteiger partial charge in [0.1, 0.15) is 0 Å². The highest BCUT2D eigenvalue weighted by molar-refractivity contribution is 9.10. The minimum Gasteiger partial charge on any atom is -0.354 e. The molecule has 0 spiro atoms. The molecule has 0 heterocycles. The highest BCUT2D eigenvalue weighted by atomic mass is 79.9. The molecule has 1 aromatic carbocycles. The molecule has 2 rings (SSSR count). The standard InChI is InChI=1S/C13H17BrN2O.ClH/c14-11-5-1-9(2-6-11)7-13(17)16-8-12(15)10-3-4-10;/h1-2,5-6,10,12H,3-4,7-8,15H2,(H,16,17);1H. The van der Waals surface area contributed by atoms with E-state index in [4.69, 9.17) is 5.73 Å². The summed E-state index contributed by atoms with van der Waals surface area (Å²) in [4.78, 5) is 11.7. The second-order valence-corrected chi connectivity index (χ2v) is 5.52. The summed E-state index contributed by atoms with van der Waals surface area (Å²) in [6.45, 7) is 0.597. The van der Waals surface area contributed by atoms with Crippen molar-refractivity contribution in [1.29, 1.82) is 0 Å². The van der Waals surface area contributed by atoms with E-state index in [0.717, 1.165) is 10.0 Å². The summed E-state index contributed by atoms with van der Waals surface area (Å²) < 4.78 is 1.03. The van der Waals surface area contributed by atoms with Gasteiger partial charge in [-0.05, 0) is 36.5 Å². The number of nitrogens with two attached hydrogens (primary N) is 1. The molecule has 0 radical (unpaired) electrons. The van der Waals surface area contributed by atoms with Crippen molar-refractivity contribution in [3.63, 3.8) is 0 Å². The van der Waals surface area contributed by atoms with Crippen LogP contribution in [0.4, 0.5) is 0 Å². The molecule has 3 N–H and O–H groups in total. The molecule has 1 aromatic rings. The van der Waals surface area contributed by atoms with Crippen LogP contribution in [0.3, 0.4) is 0 Å². The Morgan fingerprint density at radius 2 is 2.00 bits per heavy atom. The third kappa shape index (κ3) is 4.96. The highest BCUT2D eigenvalue weighted by Crippen LogP contribution is 2.31. The minimum atomic E-state index is 0. The van der Waals surface area contributed by atoms with E-state index in [9.17, 15) is 4.79 Å². The first-order valence-electron chi connectivity index (χ1n) is 5.92. The lowest BCUT2D eigenvalue weighted by Gasteiger charge is -2.11. The van der Waals surface area contributed by atoms with Gasteiger partial charge in [-0.2, -0.15) is 0 Å². The summed E-state index contributed by atoms with van der Waals surface area (Å²) in [5.41, 5.74) is 6.94. The molecule has 100 valence electrons. The second kappa shape index (κ2) is 7.12. The van der Waals surface area contributed by atoms with Gasteiger partial charge in [0.05, 0.1) is 6.42 Å². The number of carbonyl (C=O) groups is 1. The van der Waals surface area contributed by atoms with Gasteiger partial charge in [-0.1, -0.05) is 28.1 Å². The number of halogens is 2. The molecule has 0 saturated heterocycles. The van der Waals surface area contributed by atoms with Crippen molar-refractivity contribution in [1.82, 2.24) is 5.32 Å². The van der Waals surface area contributed by atoms with Gasteiger partial charge in [-0.3, -0.25) is 4.79 Å². The lowest BCUT2D eigenvalue weighted by molar-refractivity contribution is -0.120. The molecule has 1 amide bonds. The summed E-state index contributed by atoms with van der Waals surface area (Å²) >= 11 is 3.37. The van der Waals surface area contributed by atoms with E-state index in [-0.39, 0.29) is 24.4 Å². The zero-order valence-electron chi connectivity index (χ0n) is 10.1. The van der Waals surface area contributed by atoms with E-state index in [2.05, 4.69) is 21.2 Å². The average Bonchev–Trinajstić information content (AvgIpc) is 3.13. The number of carbonyl (C=O) groups excluding carboxylic acids is 1. The van der Waals surface area contributed by atoms with Crippen molar-refractivity contribution in [2.24, 2.45) is 11.7 Å². The molecule has 3 nitrogen and oxygen atoms in total. The third-order valence-corrected chi connectivity index (χ3v) is 3.57. The molecule has 0 bridgehead atoms. The Kier molecular flexibility index (Phi) is 6.12. The average molecular weight is 334 g/mol. The van der Waals surface area contributed by atoms with Crippen LogP contribution in [0.1, 0.15) is 18.4 Å². The Morgan fingerprint density at radius 1 is 1.39 bits per heavy atom. The van der Waals surface area contributed by atoms with Crippen LogP contribution >= 0.6 is 28.3 Å². The minimum absolute atomic E-state index is 0. The van der Waals surface area contributed by atoms with Gasteiger partial charge in [0, 0.05) is 17.1 Å². The van der Waals surface area contributed by atoms with Crippen LogP contribution < -0.4 is 11.1 Å². The highest BCUT2D eigenvalue weighted by Gasteiger charge is 2.28. The van der Waals surface area contributed by atoms with Crippen molar-refractivity contribution in [2.75, 3.05) is 6.54 Å². The summed E-state index contributed by atoms with van der Waals surface area (Å²) in [5, 5.41) is 2.89. The van der Waals surface area contributed by atoms with Crippen molar-refractivity contribution < 1.29 is 4.79 Å². The maximum atomic E-state index is 11.7. The molecule has 0 aromatic heterocycles. The topological polar surface area (TPSA) is 55.1 Å². The van der Waals surface area contributed by atoms with Crippen LogP contribution in [0.25, 0.3) is 0 Å². The number of nitrogens with one attached hydrogen (secondary N) is 1.